The first-order chi connectivity index (χ1) is 15.1. The van der Waals surface area contributed by atoms with E-state index in [0.29, 0.717) is 22.6 Å². The summed E-state index contributed by atoms with van der Waals surface area (Å²) in [5.74, 6) is 1.83. The van der Waals surface area contributed by atoms with Gasteiger partial charge in [-0.3, -0.25) is 18.6 Å². The Balaban J connectivity index is 1.40. The molecular formula is C22H28N6O2S. The topological polar surface area (TPSA) is 75.7 Å². The van der Waals surface area contributed by atoms with Gasteiger partial charge in [-0.2, -0.15) is 0 Å². The van der Waals surface area contributed by atoms with Crippen LogP contribution in [-0.4, -0.2) is 72.7 Å². The van der Waals surface area contributed by atoms with E-state index in [4.69, 9.17) is 0 Å². The van der Waals surface area contributed by atoms with Gasteiger partial charge in [-0.15, -0.1) is 10.2 Å². The zero-order chi connectivity index (χ0) is 21.4. The van der Waals surface area contributed by atoms with Crippen molar-refractivity contribution in [1.29, 1.82) is 0 Å². The van der Waals surface area contributed by atoms with Crippen LogP contribution < -0.4 is 0 Å². The molecule has 8 nitrogen and oxygen atoms in total. The largest absolute Gasteiger partial charge is 0.342 e. The van der Waals surface area contributed by atoms with Crippen molar-refractivity contribution >= 4 is 40.4 Å². The second kappa shape index (κ2) is 8.53. The van der Waals surface area contributed by atoms with Crippen molar-refractivity contribution in [3.63, 3.8) is 0 Å². The highest BCUT2D eigenvalue weighted by molar-refractivity contribution is 7.99. The second-order valence-corrected chi connectivity index (χ2v) is 9.60. The Hall–Kier alpha value is -2.55. The van der Waals surface area contributed by atoms with Crippen molar-refractivity contribution in [2.75, 3.05) is 31.9 Å². The Morgan fingerprint density at radius 1 is 1.00 bits per heavy atom. The van der Waals surface area contributed by atoms with Gasteiger partial charge in [0, 0.05) is 26.2 Å². The van der Waals surface area contributed by atoms with Crippen LogP contribution in [0.5, 0.6) is 0 Å². The summed E-state index contributed by atoms with van der Waals surface area (Å²) < 4.78 is 3.92. The highest BCUT2D eigenvalue weighted by Crippen LogP contribution is 2.27. The predicted molar refractivity (Wildman–Crippen MR) is 120 cm³/mol. The molecule has 0 spiro atoms. The molecule has 2 aromatic heterocycles. The monoisotopic (exact) mass is 440 g/mol. The van der Waals surface area contributed by atoms with Gasteiger partial charge in [-0.05, 0) is 43.7 Å². The molecule has 3 aromatic rings. The van der Waals surface area contributed by atoms with Crippen molar-refractivity contribution in [1.82, 2.24) is 29.0 Å². The van der Waals surface area contributed by atoms with E-state index < -0.39 is 0 Å². The number of fused-ring (bicyclic) bond motifs is 3. The molecule has 0 radical (unpaired) electrons. The van der Waals surface area contributed by atoms with Crippen molar-refractivity contribution in [3.8, 4) is 0 Å². The number of imidazole rings is 1. The number of carbonyl (C=O) groups excluding carboxylic acids is 2. The fraction of sp³-hybridized carbons (Fsp3) is 0.545. The summed E-state index contributed by atoms with van der Waals surface area (Å²) in [4.78, 5) is 29.4. The van der Waals surface area contributed by atoms with E-state index in [1.54, 1.807) is 0 Å². The molecule has 31 heavy (non-hydrogen) atoms. The highest BCUT2D eigenvalue weighted by Gasteiger charge is 2.24. The third-order valence-electron chi connectivity index (χ3n) is 6.36. The Bertz CT molecular complexity index is 1120. The highest BCUT2D eigenvalue weighted by atomic mass is 32.2. The number of amides is 2. The van der Waals surface area contributed by atoms with Crippen LogP contribution in [0.15, 0.2) is 29.4 Å². The third-order valence-corrected chi connectivity index (χ3v) is 7.27. The number of hydrogen-bond acceptors (Lipinski definition) is 5. The summed E-state index contributed by atoms with van der Waals surface area (Å²) in [5.41, 5.74) is 1.91. The predicted octanol–water partition coefficient (Wildman–Crippen LogP) is 2.66. The van der Waals surface area contributed by atoms with Crippen molar-refractivity contribution in [2.24, 2.45) is 5.92 Å². The molecule has 0 aliphatic carbocycles. The third kappa shape index (κ3) is 3.91. The first-order valence-electron chi connectivity index (χ1n) is 11.1. The van der Waals surface area contributed by atoms with Crippen LogP contribution in [0, 0.1) is 5.92 Å². The van der Waals surface area contributed by atoms with E-state index in [1.165, 1.54) is 18.2 Å². The Morgan fingerprint density at radius 2 is 1.74 bits per heavy atom. The molecule has 1 unspecified atom stereocenters. The van der Waals surface area contributed by atoms with Crippen molar-refractivity contribution in [3.05, 3.63) is 24.3 Å². The lowest BCUT2D eigenvalue weighted by Crippen LogP contribution is -2.40. The summed E-state index contributed by atoms with van der Waals surface area (Å²) in [5, 5.41) is 9.45. The number of nitrogens with zero attached hydrogens (tertiary/aromatic N) is 6. The van der Waals surface area contributed by atoms with Crippen molar-refractivity contribution < 1.29 is 9.59 Å². The Morgan fingerprint density at radius 3 is 2.52 bits per heavy atom. The van der Waals surface area contributed by atoms with Crippen LogP contribution in [-0.2, 0) is 16.1 Å². The molecule has 1 atom stereocenters. The molecule has 2 fully saturated rings. The fourth-order valence-electron chi connectivity index (χ4n) is 4.72. The quantitative estimate of drug-likeness (QED) is 0.570. The number of benzene rings is 1. The first-order valence-corrected chi connectivity index (χ1v) is 12.1. The average molecular weight is 441 g/mol. The van der Waals surface area contributed by atoms with Crippen LogP contribution in [0.1, 0.15) is 32.6 Å². The Labute approximate surface area is 185 Å². The van der Waals surface area contributed by atoms with E-state index in [1.807, 2.05) is 43.0 Å². The summed E-state index contributed by atoms with van der Waals surface area (Å²) in [6, 6.07) is 7.97. The number of hydrogen-bond donors (Lipinski definition) is 0. The van der Waals surface area contributed by atoms with Crippen LogP contribution in [0.4, 0.5) is 0 Å². The lowest BCUT2D eigenvalue weighted by molar-refractivity contribution is -0.131. The average Bonchev–Trinajstić information content (AvgIpc) is 3.51. The maximum absolute atomic E-state index is 12.8. The SMILES string of the molecule is CC1CCCN(C(=O)CSc2nnc3n(CC(=O)N4CCCC4)c4ccccc4n23)C1. The number of para-hydroxylation sites is 2. The normalized spacial score (nSPS) is 19.6. The first kappa shape index (κ1) is 20.4. The Kier molecular flexibility index (Phi) is 5.60. The van der Waals surface area contributed by atoms with Gasteiger partial charge >= 0.3 is 0 Å². The minimum atomic E-state index is 0.118. The smallest absolute Gasteiger partial charge is 0.242 e. The molecule has 0 saturated carbocycles. The molecule has 164 valence electrons. The van der Waals surface area contributed by atoms with Gasteiger partial charge in [0.2, 0.25) is 17.6 Å². The van der Waals surface area contributed by atoms with Crippen LogP contribution in [0.25, 0.3) is 16.8 Å². The molecular weight excluding hydrogens is 412 g/mol. The van der Waals surface area contributed by atoms with E-state index >= 15 is 0 Å². The zero-order valence-corrected chi connectivity index (χ0v) is 18.7. The maximum Gasteiger partial charge on any atom is 0.242 e. The summed E-state index contributed by atoms with van der Waals surface area (Å²) in [7, 11) is 0. The van der Waals surface area contributed by atoms with Gasteiger partial charge in [0.1, 0.15) is 6.54 Å². The van der Waals surface area contributed by atoms with Crippen LogP contribution >= 0.6 is 11.8 Å². The lowest BCUT2D eigenvalue weighted by Gasteiger charge is -2.30. The van der Waals surface area contributed by atoms with Gasteiger partial charge in [0.05, 0.1) is 16.8 Å². The molecule has 1 aromatic carbocycles. The number of aromatic nitrogens is 4. The maximum atomic E-state index is 12.8. The second-order valence-electron chi connectivity index (χ2n) is 8.66. The fourth-order valence-corrected chi connectivity index (χ4v) is 5.56. The lowest BCUT2D eigenvalue weighted by atomic mass is 10.0. The number of thioether (sulfide) groups is 1. The number of piperidine rings is 1. The van der Waals surface area contributed by atoms with E-state index in [-0.39, 0.29) is 18.4 Å². The minimum Gasteiger partial charge on any atom is -0.342 e. The number of likely N-dealkylation sites (tertiary alicyclic amines) is 2. The molecule has 5 rings (SSSR count). The van der Waals surface area contributed by atoms with E-state index in [0.717, 1.165) is 56.5 Å². The molecule has 2 aliphatic rings. The van der Waals surface area contributed by atoms with Gasteiger partial charge < -0.3 is 9.80 Å². The minimum absolute atomic E-state index is 0.118. The summed E-state index contributed by atoms with van der Waals surface area (Å²) in [6.07, 6.45) is 4.41. The van der Waals surface area contributed by atoms with Gasteiger partial charge in [-0.1, -0.05) is 30.8 Å². The molecule has 2 saturated heterocycles. The molecule has 2 aliphatic heterocycles. The molecule has 4 heterocycles. The van der Waals surface area contributed by atoms with E-state index in [2.05, 4.69) is 17.1 Å². The van der Waals surface area contributed by atoms with Crippen LogP contribution in [0.3, 0.4) is 0 Å². The molecule has 0 bridgehead atoms. The van der Waals surface area contributed by atoms with Gasteiger partial charge in [0.15, 0.2) is 5.16 Å². The van der Waals surface area contributed by atoms with E-state index in [9.17, 15) is 9.59 Å². The summed E-state index contributed by atoms with van der Waals surface area (Å²) >= 11 is 1.42. The molecule has 0 N–H and O–H groups in total. The van der Waals surface area contributed by atoms with Crippen molar-refractivity contribution in [2.45, 2.75) is 44.3 Å². The standard InChI is InChI=1S/C22H28N6O2S/c1-16-7-6-12-26(13-16)20(30)15-31-22-24-23-21-27(14-19(29)25-10-4-5-11-25)17-8-2-3-9-18(17)28(21)22/h2-3,8-9,16H,4-7,10-15H2,1H3. The number of rotatable bonds is 5. The zero-order valence-electron chi connectivity index (χ0n) is 17.9. The summed E-state index contributed by atoms with van der Waals surface area (Å²) in [6.45, 7) is 5.81. The van der Waals surface area contributed by atoms with Gasteiger partial charge in [-0.25, -0.2) is 0 Å². The molecule has 2 amide bonds. The molecule has 9 heteroatoms. The number of carbonyl (C=O) groups is 2. The van der Waals surface area contributed by atoms with Crippen LogP contribution in [0.2, 0.25) is 0 Å². The van der Waals surface area contributed by atoms with Gasteiger partial charge in [0.25, 0.3) is 0 Å².